The van der Waals surface area contributed by atoms with Gasteiger partial charge in [0.15, 0.2) is 0 Å². The lowest BCUT2D eigenvalue weighted by molar-refractivity contribution is 0.173. The summed E-state index contributed by atoms with van der Waals surface area (Å²) in [7, 11) is -0.651. The van der Waals surface area contributed by atoms with Gasteiger partial charge >= 0.3 is 0 Å². The van der Waals surface area contributed by atoms with Gasteiger partial charge in [0, 0.05) is 22.6 Å². The second-order valence-electron chi connectivity index (χ2n) is 6.64. The van der Waals surface area contributed by atoms with E-state index < -0.39 is 10.8 Å². The van der Waals surface area contributed by atoms with Gasteiger partial charge in [0.1, 0.15) is 0 Å². The first-order valence-corrected chi connectivity index (χ1v) is 9.51. The maximum atomic E-state index is 12.6. The van der Waals surface area contributed by atoms with Crippen molar-refractivity contribution in [2.75, 3.05) is 12.3 Å². The fraction of sp³-hybridized carbons (Fsp3) is 1.00. The number of hydrogen-bond donors (Lipinski definition) is 1. The molecule has 0 radical (unpaired) electrons. The molecular weight excluding hydrogens is 254 g/mol. The Morgan fingerprint density at radius 1 is 1.21 bits per heavy atom. The van der Waals surface area contributed by atoms with Gasteiger partial charge in [-0.2, -0.15) is 0 Å². The maximum Gasteiger partial charge on any atom is 0.0506 e. The minimum Gasteiger partial charge on any atom is -0.312 e. The Bertz CT molecular complexity index is 278. The molecule has 1 saturated carbocycles. The molecule has 3 heteroatoms. The number of hydrogen-bond acceptors (Lipinski definition) is 2. The van der Waals surface area contributed by atoms with Gasteiger partial charge in [0.2, 0.25) is 0 Å². The van der Waals surface area contributed by atoms with E-state index in [1.807, 2.05) is 0 Å². The highest BCUT2D eigenvalue weighted by molar-refractivity contribution is 7.85. The summed E-state index contributed by atoms with van der Waals surface area (Å²) in [5, 5.41) is 4.06. The molecule has 3 unspecified atom stereocenters. The van der Waals surface area contributed by atoms with Crippen molar-refractivity contribution in [1.82, 2.24) is 5.32 Å². The fourth-order valence-corrected chi connectivity index (χ4v) is 5.21. The average molecular weight is 288 g/mol. The highest BCUT2D eigenvalue weighted by Gasteiger charge is 2.40. The summed E-state index contributed by atoms with van der Waals surface area (Å²) < 4.78 is 12.6. The quantitative estimate of drug-likeness (QED) is 0.687. The minimum atomic E-state index is -0.651. The molecule has 1 aliphatic carbocycles. The second-order valence-corrected chi connectivity index (χ2v) is 8.42. The van der Waals surface area contributed by atoms with Gasteiger partial charge in [0.05, 0.1) is 5.25 Å². The Balaban J connectivity index is 2.63. The first kappa shape index (κ1) is 17.2. The monoisotopic (exact) mass is 287 g/mol. The van der Waals surface area contributed by atoms with Gasteiger partial charge in [-0.25, -0.2) is 0 Å². The standard InChI is InChI=1S/C16H33NOS/c1-5-7-8-13-19(18)14-10-9-11-16(3,4)15(14)17-12-6-2/h14-15,17H,5-13H2,1-4H3. The van der Waals surface area contributed by atoms with E-state index in [0.717, 1.165) is 31.6 Å². The van der Waals surface area contributed by atoms with Gasteiger partial charge in [0.25, 0.3) is 0 Å². The second kappa shape index (κ2) is 8.41. The van der Waals surface area contributed by atoms with Crippen LogP contribution in [0.3, 0.4) is 0 Å². The van der Waals surface area contributed by atoms with Crippen LogP contribution >= 0.6 is 0 Å². The third kappa shape index (κ3) is 5.18. The summed E-state index contributed by atoms with van der Waals surface area (Å²) in [6.45, 7) is 10.1. The van der Waals surface area contributed by atoms with Gasteiger partial charge in [-0.15, -0.1) is 0 Å². The lowest BCUT2D eigenvalue weighted by Gasteiger charge is -2.44. The normalized spacial score (nSPS) is 28.2. The van der Waals surface area contributed by atoms with Crippen molar-refractivity contribution in [2.45, 2.75) is 83.9 Å². The molecule has 0 heterocycles. The van der Waals surface area contributed by atoms with Crippen LogP contribution in [-0.4, -0.2) is 27.8 Å². The number of nitrogens with one attached hydrogen (secondary N) is 1. The predicted molar refractivity (Wildman–Crippen MR) is 86.0 cm³/mol. The van der Waals surface area contributed by atoms with Crippen LogP contribution in [0.1, 0.15) is 72.6 Å². The number of rotatable bonds is 8. The summed E-state index contributed by atoms with van der Waals surface area (Å²) in [4.78, 5) is 0. The molecule has 1 fully saturated rings. The van der Waals surface area contributed by atoms with Crippen molar-refractivity contribution in [2.24, 2.45) is 5.41 Å². The van der Waals surface area contributed by atoms with Gasteiger partial charge < -0.3 is 5.32 Å². The van der Waals surface area contributed by atoms with E-state index in [9.17, 15) is 4.21 Å². The van der Waals surface area contributed by atoms with Crippen LogP contribution in [0, 0.1) is 5.41 Å². The van der Waals surface area contributed by atoms with Crippen LogP contribution in [0.15, 0.2) is 0 Å². The first-order valence-electron chi connectivity index (χ1n) is 8.13. The van der Waals surface area contributed by atoms with E-state index in [4.69, 9.17) is 0 Å². The predicted octanol–water partition coefficient (Wildman–Crippen LogP) is 3.87. The minimum absolute atomic E-state index is 0.290. The van der Waals surface area contributed by atoms with E-state index in [-0.39, 0.29) is 0 Å². The van der Waals surface area contributed by atoms with Gasteiger partial charge in [-0.1, -0.05) is 47.0 Å². The summed E-state index contributed by atoms with van der Waals surface area (Å²) in [6, 6.07) is 0.434. The van der Waals surface area contributed by atoms with Crippen LogP contribution in [0.5, 0.6) is 0 Å². The van der Waals surface area contributed by atoms with Crippen molar-refractivity contribution in [1.29, 1.82) is 0 Å². The molecule has 1 N–H and O–H groups in total. The summed E-state index contributed by atoms with van der Waals surface area (Å²) >= 11 is 0. The van der Waals surface area contributed by atoms with E-state index in [0.29, 0.717) is 16.7 Å². The van der Waals surface area contributed by atoms with E-state index in [2.05, 4.69) is 33.0 Å². The van der Waals surface area contributed by atoms with Crippen molar-refractivity contribution in [3.63, 3.8) is 0 Å². The highest BCUT2D eigenvalue weighted by Crippen LogP contribution is 2.38. The van der Waals surface area contributed by atoms with Crippen LogP contribution in [0.25, 0.3) is 0 Å². The molecular formula is C16H33NOS. The van der Waals surface area contributed by atoms with Crippen molar-refractivity contribution in [3.05, 3.63) is 0 Å². The van der Waals surface area contributed by atoms with E-state index in [1.54, 1.807) is 0 Å². The molecule has 0 spiro atoms. The molecule has 114 valence electrons. The summed E-state index contributed by atoms with van der Waals surface area (Å²) in [5.41, 5.74) is 0.290. The molecule has 3 atom stereocenters. The van der Waals surface area contributed by atoms with Crippen LogP contribution in [-0.2, 0) is 10.8 Å². The van der Waals surface area contributed by atoms with E-state index in [1.165, 1.54) is 25.7 Å². The molecule has 0 bridgehead atoms. The van der Waals surface area contributed by atoms with E-state index >= 15 is 0 Å². The van der Waals surface area contributed by atoms with Crippen LogP contribution < -0.4 is 5.32 Å². The van der Waals surface area contributed by atoms with Crippen molar-refractivity contribution in [3.8, 4) is 0 Å². The zero-order valence-corrected chi connectivity index (χ0v) is 14.2. The third-order valence-electron chi connectivity index (χ3n) is 4.42. The van der Waals surface area contributed by atoms with Gasteiger partial charge in [-0.05, 0) is 37.6 Å². The molecule has 0 aliphatic heterocycles. The molecule has 0 aromatic heterocycles. The largest absolute Gasteiger partial charge is 0.312 e. The Morgan fingerprint density at radius 3 is 2.58 bits per heavy atom. The maximum absolute atomic E-state index is 12.6. The molecule has 19 heavy (non-hydrogen) atoms. The molecule has 0 saturated heterocycles. The molecule has 0 amide bonds. The fourth-order valence-electron chi connectivity index (χ4n) is 3.22. The zero-order valence-electron chi connectivity index (χ0n) is 13.3. The summed E-state index contributed by atoms with van der Waals surface area (Å²) in [5.74, 6) is 0.902. The van der Waals surface area contributed by atoms with Crippen molar-refractivity contribution < 1.29 is 4.21 Å². The Kier molecular flexibility index (Phi) is 7.60. The smallest absolute Gasteiger partial charge is 0.0506 e. The SMILES string of the molecule is CCCCCS(=O)C1CCCC(C)(C)C1NCCC. The Labute approximate surface area is 122 Å². The highest BCUT2D eigenvalue weighted by atomic mass is 32.2. The van der Waals surface area contributed by atoms with Crippen LogP contribution in [0.4, 0.5) is 0 Å². The summed E-state index contributed by atoms with van der Waals surface area (Å²) in [6.07, 6.45) is 8.35. The zero-order chi connectivity index (χ0) is 14.3. The van der Waals surface area contributed by atoms with Gasteiger partial charge in [-0.3, -0.25) is 4.21 Å². The number of unbranched alkanes of at least 4 members (excludes halogenated alkanes) is 2. The molecule has 1 rings (SSSR count). The third-order valence-corrected chi connectivity index (χ3v) is 6.30. The topological polar surface area (TPSA) is 29.1 Å². The molecule has 2 nitrogen and oxygen atoms in total. The molecule has 0 aromatic rings. The first-order chi connectivity index (χ1) is 9.03. The Morgan fingerprint density at radius 2 is 1.95 bits per heavy atom. The molecule has 0 aromatic carbocycles. The van der Waals surface area contributed by atoms with Crippen molar-refractivity contribution >= 4 is 10.8 Å². The molecule has 1 aliphatic rings. The van der Waals surface area contributed by atoms with Crippen LogP contribution in [0.2, 0.25) is 0 Å². The lowest BCUT2D eigenvalue weighted by atomic mass is 9.73. The average Bonchev–Trinajstić information content (AvgIpc) is 2.36. The lowest BCUT2D eigenvalue weighted by Crippen LogP contribution is -2.54. The Hall–Kier alpha value is 0.110.